The van der Waals surface area contributed by atoms with Gasteiger partial charge in [0.25, 0.3) is 0 Å². The van der Waals surface area contributed by atoms with Gasteiger partial charge in [0.2, 0.25) is 5.52 Å². The molecule has 3 N–H and O–H groups in total. The second kappa shape index (κ2) is 7.87. The number of methoxy groups -OCH3 is 1. The van der Waals surface area contributed by atoms with Gasteiger partial charge in [-0.25, -0.2) is 9.78 Å². The number of anilines is 1. The number of nitrogens with zero attached hydrogens (tertiary/aromatic N) is 2. The van der Waals surface area contributed by atoms with Crippen molar-refractivity contribution < 1.29 is 14.5 Å². The van der Waals surface area contributed by atoms with Gasteiger partial charge in [-0.3, -0.25) is 4.98 Å². The van der Waals surface area contributed by atoms with E-state index in [1.807, 2.05) is 36.4 Å². The highest BCUT2D eigenvalue weighted by atomic mass is 16.5. The van der Waals surface area contributed by atoms with E-state index in [2.05, 4.69) is 49.5 Å². The van der Waals surface area contributed by atoms with Gasteiger partial charge in [0.1, 0.15) is 0 Å². The third-order valence-corrected chi connectivity index (χ3v) is 4.58. The van der Waals surface area contributed by atoms with Gasteiger partial charge >= 0.3 is 17.4 Å². The van der Waals surface area contributed by atoms with Crippen LogP contribution in [0.25, 0.3) is 11.2 Å². The molecule has 0 amide bonds. The number of ether oxygens (including phenoxy) is 1. The van der Waals surface area contributed by atoms with Crippen LogP contribution in [-0.4, -0.2) is 34.6 Å². The van der Waals surface area contributed by atoms with E-state index < -0.39 is 5.97 Å². The Labute approximate surface area is 161 Å². The first kappa shape index (κ1) is 17.7. The van der Waals surface area contributed by atoms with E-state index in [4.69, 9.17) is 4.74 Å². The molecule has 28 heavy (non-hydrogen) atoms. The number of carbonyl (C=O) groups is 1. The van der Waals surface area contributed by atoms with Gasteiger partial charge in [0.15, 0.2) is 12.1 Å². The molecule has 0 radical (unpaired) electrons. The van der Waals surface area contributed by atoms with Crippen LogP contribution in [0.2, 0.25) is 0 Å². The molecule has 140 valence electrons. The summed E-state index contributed by atoms with van der Waals surface area (Å²) in [7, 11) is 1.31. The zero-order chi connectivity index (χ0) is 19.3. The Kier molecular flexibility index (Phi) is 4.97. The third kappa shape index (κ3) is 3.55. The summed E-state index contributed by atoms with van der Waals surface area (Å²) in [5, 5.41) is 3.38. The van der Waals surface area contributed by atoms with E-state index >= 15 is 0 Å². The fourth-order valence-electron chi connectivity index (χ4n) is 3.19. The molecule has 0 aliphatic heterocycles. The number of carbonyl (C=O) groups excluding carboxylic acids is 1. The minimum Gasteiger partial charge on any atom is -0.462 e. The first-order valence-corrected chi connectivity index (χ1v) is 8.95. The summed E-state index contributed by atoms with van der Waals surface area (Å²) in [6.07, 6.45) is 1.65. The molecular weight excluding hydrogens is 354 g/mol. The standard InChI is InChI=1S/C21H19N5O2/c1-28-21(27)20-25-18(17-19(26-20)24-13-23-17)22-12-16(14-8-4-2-5-9-14)15-10-6-3-7-11-15/h2-11,13,16H,12H2,1H3,(H2,22,23,24,25,26)/p+1. The molecule has 0 atom stereocenters. The molecule has 0 saturated carbocycles. The van der Waals surface area contributed by atoms with Gasteiger partial charge in [0, 0.05) is 12.5 Å². The molecule has 0 aliphatic carbocycles. The SMILES string of the molecule is COC(=O)c1nc(NCC(c2ccccc2)c2ccccc2)c2[nH]c[nH+]c2n1. The molecule has 4 rings (SSSR count). The molecule has 7 heteroatoms. The Morgan fingerprint density at radius 3 is 2.32 bits per heavy atom. The molecule has 0 saturated heterocycles. The van der Waals surface area contributed by atoms with Crippen molar-refractivity contribution in [3.05, 3.63) is 83.9 Å². The summed E-state index contributed by atoms with van der Waals surface area (Å²) in [6.45, 7) is 0.597. The van der Waals surface area contributed by atoms with Crippen LogP contribution in [0, 0.1) is 0 Å². The summed E-state index contributed by atoms with van der Waals surface area (Å²) in [5.41, 5.74) is 3.62. The van der Waals surface area contributed by atoms with Crippen LogP contribution >= 0.6 is 0 Å². The maximum Gasteiger partial charge on any atom is 0.393 e. The molecule has 0 bridgehead atoms. The van der Waals surface area contributed by atoms with Gasteiger partial charge in [-0.2, -0.15) is 4.98 Å². The average molecular weight is 374 g/mol. The third-order valence-electron chi connectivity index (χ3n) is 4.58. The number of aromatic amines is 2. The highest BCUT2D eigenvalue weighted by Crippen LogP contribution is 2.26. The Morgan fingerprint density at radius 2 is 1.71 bits per heavy atom. The Hall–Kier alpha value is -3.74. The van der Waals surface area contributed by atoms with Crippen molar-refractivity contribution in [3.63, 3.8) is 0 Å². The molecule has 0 unspecified atom stereocenters. The molecule has 0 fully saturated rings. The molecule has 2 aromatic heterocycles. The van der Waals surface area contributed by atoms with E-state index in [9.17, 15) is 4.79 Å². The fourth-order valence-corrected chi connectivity index (χ4v) is 3.19. The zero-order valence-corrected chi connectivity index (χ0v) is 15.3. The lowest BCUT2D eigenvalue weighted by molar-refractivity contribution is -0.347. The van der Waals surface area contributed by atoms with Crippen molar-refractivity contribution in [1.29, 1.82) is 0 Å². The van der Waals surface area contributed by atoms with Crippen molar-refractivity contribution in [2.45, 2.75) is 5.92 Å². The van der Waals surface area contributed by atoms with Crippen LogP contribution in [0.15, 0.2) is 67.0 Å². The molecular formula is C21H20N5O2+. The average Bonchev–Trinajstić information content (AvgIpc) is 3.23. The molecule has 4 aromatic rings. The number of fused-ring (bicyclic) bond motifs is 1. The van der Waals surface area contributed by atoms with Crippen molar-refractivity contribution in [3.8, 4) is 0 Å². The van der Waals surface area contributed by atoms with Crippen molar-refractivity contribution >= 4 is 23.0 Å². The summed E-state index contributed by atoms with van der Waals surface area (Å²) in [4.78, 5) is 26.5. The number of nitrogens with one attached hydrogen (secondary N) is 3. The van der Waals surface area contributed by atoms with E-state index in [1.54, 1.807) is 6.33 Å². The van der Waals surface area contributed by atoms with Gasteiger partial charge in [-0.05, 0) is 11.1 Å². The quantitative estimate of drug-likeness (QED) is 0.506. The molecule has 7 nitrogen and oxygen atoms in total. The number of benzene rings is 2. The fraction of sp³-hybridized carbons (Fsp3) is 0.143. The summed E-state index contributed by atoms with van der Waals surface area (Å²) in [5.74, 6) is 0.0861. The van der Waals surface area contributed by atoms with E-state index in [0.29, 0.717) is 23.5 Å². The van der Waals surface area contributed by atoms with Gasteiger partial charge in [0.05, 0.1) is 7.11 Å². The van der Waals surface area contributed by atoms with Crippen LogP contribution in [0.3, 0.4) is 0 Å². The number of esters is 1. The molecule has 0 aliphatic rings. The largest absolute Gasteiger partial charge is 0.462 e. The maximum absolute atomic E-state index is 11.9. The van der Waals surface area contributed by atoms with E-state index in [-0.39, 0.29) is 11.7 Å². The number of hydrogen-bond donors (Lipinski definition) is 2. The highest BCUT2D eigenvalue weighted by Gasteiger charge is 2.22. The minimum absolute atomic E-state index is 0.00400. The normalized spacial score (nSPS) is 10.9. The summed E-state index contributed by atoms with van der Waals surface area (Å²) < 4.78 is 4.77. The van der Waals surface area contributed by atoms with Crippen LogP contribution < -0.4 is 10.3 Å². The molecule has 2 heterocycles. The first-order chi connectivity index (χ1) is 13.8. The van der Waals surface area contributed by atoms with Crippen LogP contribution in [0.5, 0.6) is 0 Å². The lowest BCUT2D eigenvalue weighted by Crippen LogP contribution is -2.17. The Morgan fingerprint density at radius 1 is 1.07 bits per heavy atom. The second-order valence-electron chi connectivity index (χ2n) is 6.30. The summed E-state index contributed by atoms with van der Waals surface area (Å²) >= 11 is 0. The van der Waals surface area contributed by atoms with Crippen LogP contribution in [-0.2, 0) is 4.74 Å². The maximum atomic E-state index is 11.9. The van der Waals surface area contributed by atoms with Crippen LogP contribution in [0.1, 0.15) is 27.7 Å². The monoisotopic (exact) mass is 374 g/mol. The van der Waals surface area contributed by atoms with E-state index in [1.165, 1.54) is 18.2 Å². The number of hydrogen-bond acceptors (Lipinski definition) is 5. The molecule has 2 aromatic carbocycles. The number of aromatic nitrogens is 4. The second-order valence-corrected chi connectivity index (χ2v) is 6.30. The van der Waals surface area contributed by atoms with Crippen LogP contribution in [0.4, 0.5) is 5.82 Å². The number of H-pyrrole nitrogens is 2. The predicted molar refractivity (Wildman–Crippen MR) is 105 cm³/mol. The topological polar surface area (TPSA) is 94.0 Å². The summed E-state index contributed by atoms with van der Waals surface area (Å²) in [6, 6.07) is 20.6. The minimum atomic E-state index is -0.581. The predicted octanol–water partition coefficient (Wildman–Crippen LogP) is 2.80. The lowest BCUT2D eigenvalue weighted by atomic mass is 9.91. The Balaban J connectivity index is 1.68. The highest BCUT2D eigenvalue weighted by molar-refractivity contribution is 5.90. The van der Waals surface area contributed by atoms with E-state index in [0.717, 1.165) is 0 Å². The number of imidazole rings is 1. The van der Waals surface area contributed by atoms with Crippen molar-refractivity contribution in [2.75, 3.05) is 19.0 Å². The first-order valence-electron chi connectivity index (χ1n) is 8.95. The zero-order valence-electron chi connectivity index (χ0n) is 15.3. The van der Waals surface area contributed by atoms with Crippen molar-refractivity contribution in [1.82, 2.24) is 15.0 Å². The lowest BCUT2D eigenvalue weighted by Gasteiger charge is -2.19. The number of rotatable bonds is 6. The van der Waals surface area contributed by atoms with Gasteiger partial charge in [-0.15, -0.1) is 0 Å². The van der Waals surface area contributed by atoms with Crippen molar-refractivity contribution in [2.24, 2.45) is 0 Å². The van der Waals surface area contributed by atoms with Gasteiger partial charge in [-0.1, -0.05) is 65.6 Å². The molecule has 0 spiro atoms. The van der Waals surface area contributed by atoms with Gasteiger partial charge < -0.3 is 10.1 Å². The smallest absolute Gasteiger partial charge is 0.393 e. The Bertz CT molecular complexity index is 1040.